The van der Waals surface area contributed by atoms with E-state index in [2.05, 4.69) is 0 Å². The first-order valence-electron chi connectivity index (χ1n) is 2.01. The van der Waals surface area contributed by atoms with Crippen LogP contribution in [0, 0.1) is 5.92 Å². The van der Waals surface area contributed by atoms with Crippen LogP contribution in [0.4, 0.5) is 0 Å². The molecule has 0 fully saturated rings. The summed E-state index contributed by atoms with van der Waals surface area (Å²) in [5, 5.41) is 15.9. The zero-order chi connectivity index (χ0) is 6.73. The summed E-state index contributed by atoms with van der Waals surface area (Å²) in [6.45, 7) is 1.12. The maximum absolute atomic E-state index is 9.76. The van der Waals surface area contributed by atoms with E-state index in [1.165, 1.54) is 0 Å². The Kier molecular flexibility index (Phi) is 7.32. The van der Waals surface area contributed by atoms with E-state index in [1.807, 2.05) is 0 Å². The maximum atomic E-state index is 9.76. The molecule has 48 valence electrons. The predicted octanol–water partition coefficient (Wildman–Crippen LogP) is -3.09. The molecule has 2 N–H and O–H groups in total. The Labute approximate surface area is 96.2 Å². The van der Waals surface area contributed by atoms with Gasteiger partial charge in [-0.2, -0.15) is 0 Å². The van der Waals surface area contributed by atoms with Crippen LogP contribution in [-0.4, -0.2) is 22.2 Å². The minimum Gasteiger partial charge on any atom is -1.00 e. The third-order valence-electron chi connectivity index (χ3n) is 0.741. The second-order valence-electron chi connectivity index (χ2n) is 1.40. The van der Waals surface area contributed by atoms with E-state index in [1.54, 1.807) is 0 Å². The zero-order valence-corrected chi connectivity index (χ0v) is 8.41. The molecule has 0 rings (SSSR count). The van der Waals surface area contributed by atoms with E-state index in [9.17, 15) is 9.59 Å². The van der Waals surface area contributed by atoms with E-state index < -0.39 is 17.9 Å². The van der Waals surface area contributed by atoms with Crippen LogP contribution in [0.15, 0.2) is 0 Å². The van der Waals surface area contributed by atoms with Gasteiger partial charge in [0.05, 0.1) is 0 Å². The standard InChI is InChI=1S/C4H6O4.K.H/c1-2(3(5)6)4(7)8;;/h2H,1H3,(H,5,6)(H,7,8);;/q;+1;-1. The van der Waals surface area contributed by atoms with Crippen molar-refractivity contribution in [3.63, 3.8) is 0 Å². The Morgan fingerprint density at radius 3 is 1.56 bits per heavy atom. The molecule has 0 aliphatic carbocycles. The minimum absolute atomic E-state index is 0. The van der Waals surface area contributed by atoms with E-state index in [4.69, 9.17) is 10.2 Å². The summed E-state index contributed by atoms with van der Waals surface area (Å²) in [5.41, 5.74) is 0. The van der Waals surface area contributed by atoms with Crippen LogP contribution >= 0.6 is 0 Å². The second-order valence-corrected chi connectivity index (χ2v) is 1.40. The average Bonchev–Trinajstić information content (AvgIpc) is 1.64. The number of carboxylic acids is 2. The van der Waals surface area contributed by atoms with Crippen LogP contribution in [-0.2, 0) is 9.59 Å². The molecule has 5 heteroatoms. The van der Waals surface area contributed by atoms with Crippen molar-refractivity contribution in [2.45, 2.75) is 6.92 Å². The molecule has 0 amide bonds. The maximum Gasteiger partial charge on any atom is 1.00 e. The van der Waals surface area contributed by atoms with Gasteiger partial charge in [-0.25, -0.2) is 0 Å². The molecule has 0 aliphatic heterocycles. The van der Waals surface area contributed by atoms with Crippen LogP contribution in [0.25, 0.3) is 0 Å². The van der Waals surface area contributed by atoms with Gasteiger partial charge >= 0.3 is 63.3 Å². The third kappa shape index (κ3) is 5.04. The van der Waals surface area contributed by atoms with E-state index in [0.29, 0.717) is 0 Å². The van der Waals surface area contributed by atoms with Crippen molar-refractivity contribution < 1.29 is 72.6 Å². The Morgan fingerprint density at radius 1 is 1.33 bits per heavy atom. The largest absolute Gasteiger partial charge is 1.00 e. The normalized spacial score (nSPS) is 8.22. The molecule has 0 aromatic rings. The molecule has 0 radical (unpaired) electrons. The Bertz CT molecular complexity index is 112. The summed E-state index contributed by atoms with van der Waals surface area (Å²) < 4.78 is 0. The summed E-state index contributed by atoms with van der Waals surface area (Å²) in [6, 6.07) is 0. The number of carbonyl (C=O) groups is 2. The molecular formula is C4H7KO4. The van der Waals surface area contributed by atoms with Crippen LogP contribution in [0.1, 0.15) is 8.35 Å². The van der Waals surface area contributed by atoms with Gasteiger partial charge in [-0.1, -0.05) is 0 Å². The van der Waals surface area contributed by atoms with Crippen molar-refractivity contribution in [1.29, 1.82) is 0 Å². The van der Waals surface area contributed by atoms with Gasteiger partial charge in [0.25, 0.3) is 0 Å². The topological polar surface area (TPSA) is 74.6 Å². The molecule has 0 saturated heterocycles. The number of rotatable bonds is 2. The van der Waals surface area contributed by atoms with Gasteiger partial charge in [0.2, 0.25) is 0 Å². The van der Waals surface area contributed by atoms with Crippen LogP contribution in [0.5, 0.6) is 0 Å². The fourth-order valence-corrected chi connectivity index (χ4v) is 0.106. The van der Waals surface area contributed by atoms with Gasteiger partial charge in [0.1, 0.15) is 0 Å². The summed E-state index contributed by atoms with van der Waals surface area (Å²) in [7, 11) is 0. The molecule has 0 atom stereocenters. The molecule has 0 spiro atoms. The third-order valence-corrected chi connectivity index (χ3v) is 0.741. The predicted molar refractivity (Wildman–Crippen MR) is 25.5 cm³/mol. The van der Waals surface area contributed by atoms with Crippen LogP contribution < -0.4 is 51.4 Å². The van der Waals surface area contributed by atoms with Gasteiger partial charge in [0.15, 0.2) is 5.92 Å². The molecule has 0 aliphatic rings. The van der Waals surface area contributed by atoms with Gasteiger partial charge in [-0.3, -0.25) is 9.59 Å². The van der Waals surface area contributed by atoms with Crippen LogP contribution in [0.2, 0.25) is 0 Å². The Balaban J connectivity index is -0.000000245. The van der Waals surface area contributed by atoms with Gasteiger partial charge in [0, 0.05) is 0 Å². The summed E-state index contributed by atoms with van der Waals surface area (Å²) in [6.07, 6.45) is 0. The first kappa shape index (κ1) is 12.3. The quantitative estimate of drug-likeness (QED) is 0.330. The summed E-state index contributed by atoms with van der Waals surface area (Å²) >= 11 is 0. The second kappa shape index (κ2) is 5.37. The molecule has 0 unspecified atom stereocenters. The fraction of sp³-hybridized carbons (Fsp3) is 0.500. The van der Waals surface area contributed by atoms with E-state index in [0.717, 1.165) is 6.92 Å². The van der Waals surface area contributed by atoms with Crippen molar-refractivity contribution in [2.24, 2.45) is 5.92 Å². The molecular weight excluding hydrogens is 151 g/mol. The van der Waals surface area contributed by atoms with Gasteiger partial charge in [-0.15, -0.1) is 0 Å². The van der Waals surface area contributed by atoms with Crippen LogP contribution in [0.3, 0.4) is 0 Å². The molecule has 4 nitrogen and oxygen atoms in total. The monoisotopic (exact) mass is 158 g/mol. The molecule has 0 aromatic carbocycles. The van der Waals surface area contributed by atoms with Crippen molar-refractivity contribution in [3.05, 3.63) is 0 Å². The van der Waals surface area contributed by atoms with Crippen molar-refractivity contribution in [2.75, 3.05) is 0 Å². The first-order valence-corrected chi connectivity index (χ1v) is 2.01. The van der Waals surface area contributed by atoms with E-state index in [-0.39, 0.29) is 52.8 Å². The molecule has 0 saturated carbocycles. The number of aliphatic carboxylic acids is 2. The Hall–Kier alpha value is 0.576. The average molecular weight is 158 g/mol. The number of hydrogen-bond donors (Lipinski definition) is 2. The molecule has 0 bridgehead atoms. The fourth-order valence-electron chi connectivity index (χ4n) is 0.106. The molecule has 0 aromatic heterocycles. The first-order chi connectivity index (χ1) is 3.55. The van der Waals surface area contributed by atoms with Crippen molar-refractivity contribution >= 4 is 11.9 Å². The molecule has 0 heterocycles. The zero-order valence-electron chi connectivity index (χ0n) is 6.29. The summed E-state index contributed by atoms with van der Waals surface area (Å²) in [4.78, 5) is 19.5. The smallest absolute Gasteiger partial charge is 1.00 e. The number of carboxylic acid groups (broad SMARTS) is 2. The van der Waals surface area contributed by atoms with Gasteiger partial charge < -0.3 is 11.6 Å². The Morgan fingerprint density at radius 2 is 1.56 bits per heavy atom. The van der Waals surface area contributed by atoms with E-state index >= 15 is 0 Å². The van der Waals surface area contributed by atoms with Crippen molar-refractivity contribution in [3.8, 4) is 0 Å². The van der Waals surface area contributed by atoms with Gasteiger partial charge in [-0.05, 0) is 6.92 Å². The van der Waals surface area contributed by atoms with Crippen molar-refractivity contribution in [1.82, 2.24) is 0 Å². The number of hydrogen-bond acceptors (Lipinski definition) is 2. The SMILES string of the molecule is CC(C(=O)O)C(=O)O.[H-].[K+]. The minimum atomic E-state index is -1.31. The molecule has 9 heavy (non-hydrogen) atoms. The summed E-state index contributed by atoms with van der Waals surface area (Å²) in [5.74, 6) is -3.91.